The fourth-order valence-corrected chi connectivity index (χ4v) is 5.20. The van der Waals surface area contributed by atoms with Gasteiger partial charge in [0.05, 0.1) is 11.4 Å². The molecule has 4 N–H and O–H groups in total. The van der Waals surface area contributed by atoms with Crippen LogP contribution in [0.2, 0.25) is 0 Å². The number of piperidine rings is 1. The molecule has 1 aliphatic heterocycles. The molecule has 0 saturated carbocycles. The summed E-state index contributed by atoms with van der Waals surface area (Å²) in [5.74, 6) is 5.92. The number of hydrogen-bond acceptors (Lipinski definition) is 6. The van der Waals surface area contributed by atoms with Crippen molar-refractivity contribution in [2.24, 2.45) is 5.92 Å². The van der Waals surface area contributed by atoms with Crippen LogP contribution >= 0.6 is 0 Å². The van der Waals surface area contributed by atoms with Crippen molar-refractivity contribution in [3.05, 3.63) is 100 Å². The maximum atomic E-state index is 14.2. The first-order chi connectivity index (χ1) is 19.9. The van der Waals surface area contributed by atoms with Gasteiger partial charge in [-0.2, -0.15) is 0 Å². The largest absolute Gasteiger partial charge is 0.381 e. The molecule has 4 heterocycles. The number of aromatic nitrogens is 4. The zero-order chi connectivity index (χ0) is 28.5. The molecule has 1 saturated heterocycles. The molecular weight excluding hydrogens is 518 g/mol. The van der Waals surface area contributed by atoms with E-state index in [1.54, 1.807) is 23.0 Å². The quantitative estimate of drug-likeness (QED) is 0.297. The number of amides is 2. The minimum Gasteiger partial charge on any atom is -0.381 e. The van der Waals surface area contributed by atoms with E-state index in [0.717, 1.165) is 6.42 Å². The molecule has 1 fully saturated rings. The number of pyridine rings is 1. The Balaban J connectivity index is 1.44. The highest BCUT2D eigenvalue weighted by atomic mass is 16.2. The van der Waals surface area contributed by atoms with Gasteiger partial charge in [0.25, 0.3) is 11.5 Å². The van der Waals surface area contributed by atoms with E-state index in [9.17, 15) is 14.4 Å². The summed E-state index contributed by atoms with van der Waals surface area (Å²) in [7, 11) is 0. The van der Waals surface area contributed by atoms with Gasteiger partial charge in [-0.25, -0.2) is 9.50 Å². The summed E-state index contributed by atoms with van der Waals surface area (Å²) in [5.41, 5.74) is 8.15. The second kappa shape index (κ2) is 10.6. The molecule has 1 unspecified atom stereocenters. The number of carbonyl (C=O) groups is 2. The van der Waals surface area contributed by atoms with Crippen molar-refractivity contribution in [3.63, 3.8) is 0 Å². The molecule has 1 aliphatic rings. The smallest absolute Gasteiger partial charge is 0.264 e. The molecule has 10 nitrogen and oxygen atoms in total. The lowest BCUT2D eigenvalue weighted by molar-refractivity contribution is -0.122. The van der Waals surface area contributed by atoms with Gasteiger partial charge in [0.2, 0.25) is 5.91 Å². The lowest BCUT2D eigenvalue weighted by Gasteiger charge is -2.21. The fraction of sp³-hybridized carbons (Fsp3) is 0.194. The summed E-state index contributed by atoms with van der Waals surface area (Å²) >= 11 is 0. The molecule has 0 aliphatic carbocycles. The monoisotopic (exact) mass is 545 g/mol. The number of nitrogens with two attached hydrogens (primary N) is 1. The van der Waals surface area contributed by atoms with Crippen LogP contribution in [0.4, 0.5) is 5.82 Å². The second-order valence-electron chi connectivity index (χ2n) is 9.97. The number of benzene rings is 2. The van der Waals surface area contributed by atoms with Crippen molar-refractivity contribution in [2.75, 3.05) is 12.3 Å². The highest BCUT2D eigenvalue weighted by Gasteiger charge is 2.24. The standard InChI is InChI=1S/C31H27N7O3/c1-19(35-30(40)27-28(32)36-37-16-6-14-34-29(27)37)24-18-22-8-5-7-21(12-11-20-13-15-33-25(39)17-20)26(22)31(41)38(24)23-9-3-2-4-10-23/h2-10,14,16,18-20H,13,15,17H2,1H3,(H2,32,36)(H,33,39)(H,35,40)/t19-,20?/m0/s1. The van der Waals surface area contributed by atoms with E-state index >= 15 is 0 Å². The predicted octanol–water partition coefficient (Wildman–Crippen LogP) is 2.98. The van der Waals surface area contributed by atoms with E-state index in [0.29, 0.717) is 46.3 Å². The summed E-state index contributed by atoms with van der Waals surface area (Å²) in [5, 5.41) is 11.2. The number of fused-ring (bicyclic) bond motifs is 2. The average Bonchev–Trinajstić information content (AvgIpc) is 3.32. The fourth-order valence-electron chi connectivity index (χ4n) is 5.20. The summed E-state index contributed by atoms with van der Waals surface area (Å²) in [6, 6.07) is 17.8. The third-order valence-electron chi connectivity index (χ3n) is 7.19. The van der Waals surface area contributed by atoms with Crippen LogP contribution in [-0.2, 0) is 4.79 Å². The summed E-state index contributed by atoms with van der Waals surface area (Å²) in [4.78, 5) is 43.7. The van der Waals surface area contributed by atoms with Gasteiger partial charge in [-0.15, -0.1) is 5.10 Å². The second-order valence-corrected chi connectivity index (χ2v) is 9.97. The molecule has 41 heavy (non-hydrogen) atoms. The number of anilines is 1. The van der Waals surface area contributed by atoms with E-state index in [1.807, 2.05) is 61.5 Å². The Labute approximate surface area is 235 Å². The van der Waals surface area contributed by atoms with Crippen molar-refractivity contribution in [3.8, 4) is 17.5 Å². The maximum Gasteiger partial charge on any atom is 0.264 e. The van der Waals surface area contributed by atoms with Crippen LogP contribution in [0.3, 0.4) is 0 Å². The van der Waals surface area contributed by atoms with Crippen molar-refractivity contribution in [2.45, 2.75) is 25.8 Å². The van der Waals surface area contributed by atoms with Gasteiger partial charge in [-0.1, -0.05) is 42.2 Å². The molecular formula is C31H27N7O3. The summed E-state index contributed by atoms with van der Waals surface area (Å²) in [6.07, 6.45) is 4.35. The third kappa shape index (κ3) is 4.89. The van der Waals surface area contributed by atoms with Gasteiger partial charge < -0.3 is 16.4 Å². The number of nitrogens with zero attached hydrogens (tertiary/aromatic N) is 4. The van der Waals surface area contributed by atoms with Crippen LogP contribution < -0.4 is 21.9 Å². The van der Waals surface area contributed by atoms with Crippen molar-refractivity contribution in [1.29, 1.82) is 0 Å². The van der Waals surface area contributed by atoms with Crippen LogP contribution in [0.15, 0.2) is 77.9 Å². The van der Waals surface area contributed by atoms with Gasteiger partial charge in [0, 0.05) is 48.2 Å². The Hall–Kier alpha value is -5.43. The number of carbonyl (C=O) groups excluding carboxylic acids is 2. The van der Waals surface area contributed by atoms with E-state index in [1.165, 1.54) is 4.52 Å². The van der Waals surface area contributed by atoms with Crippen LogP contribution in [-0.4, -0.2) is 37.5 Å². The van der Waals surface area contributed by atoms with E-state index in [2.05, 4.69) is 32.6 Å². The first-order valence-corrected chi connectivity index (χ1v) is 13.3. The van der Waals surface area contributed by atoms with Crippen molar-refractivity contribution in [1.82, 2.24) is 29.8 Å². The normalized spacial score (nSPS) is 15.6. The SMILES string of the molecule is C[C@H](NC(=O)c1c(N)nn2cccnc12)c1cc2cccc(C#CC3CCNC(=O)C3)c2c(=O)n1-c1ccccc1. The first-order valence-electron chi connectivity index (χ1n) is 13.3. The Bertz CT molecular complexity index is 1930. The molecule has 6 rings (SSSR count). The Morgan fingerprint density at radius 3 is 2.78 bits per heavy atom. The highest BCUT2D eigenvalue weighted by Crippen LogP contribution is 2.25. The average molecular weight is 546 g/mol. The van der Waals surface area contributed by atoms with Crippen LogP contribution in [0.25, 0.3) is 22.1 Å². The maximum absolute atomic E-state index is 14.2. The van der Waals surface area contributed by atoms with E-state index < -0.39 is 11.9 Å². The Morgan fingerprint density at radius 1 is 1.15 bits per heavy atom. The van der Waals surface area contributed by atoms with Gasteiger partial charge in [-0.3, -0.25) is 19.0 Å². The van der Waals surface area contributed by atoms with Crippen molar-refractivity contribution >= 4 is 34.1 Å². The summed E-state index contributed by atoms with van der Waals surface area (Å²) < 4.78 is 3.05. The minimum atomic E-state index is -0.589. The molecule has 3 aromatic heterocycles. The number of hydrogen-bond donors (Lipinski definition) is 3. The molecule has 204 valence electrons. The minimum absolute atomic E-state index is 0.0118. The van der Waals surface area contributed by atoms with Gasteiger partial charge >= 0.3 is 0 Å². The molecule has 2 aromatic carbocycles. The molecule has 5 aromatic rings. The van der Waals surface area contributed by atoms with Crippen LogP contribution in [0.1, 0.15) is 47.4 Å². The predicted molar refractivity (Wildman–Crippen MR) is 155 cm³/mol. The van der Waals surface area contributed by atoms with E-state index in [4.69, 9.17) is 5.73 Å². The number of rotatable bonds is 4. The van der Waals surface area contributed by atoms with Crippen LogP contribution in [0, 0.1) is 17.8 Å². The molecule has 0 spiro atoms. The molecule has 0 radical (unpaired) electrons. The Morgan fingerprint density at radius 2 is 1.98 bits per heavy atom. The van der Waals surface area contributed by atoms with Crippen LogP contribution in [0.5, 0.6) is 0 Å². The zero-order valence-corrected chi connectivity index (χ0v) is 22.3. The third-order valence-corrected chi connectivity index (χ3v) is 7.19. The first kappa shape index (κ1) is 25.8. The zero-order valence-electron chi connectivity index (χ0n) is 22.3. The topological polar surface area (TPSA) is 136 Å². The number of nitrogens with one attached hydrogen (secondary N) is 2. The van der Waals surface area contributed by atoms with Gasteiger partial charge in [0.1, 0.15) is 5.56 Å². The van der Waals surface area contributed by atoms with Crippen molar-refractivity contribution < 1.29 is 9.59 Å². The van der Waals surface area contributed by atoms with Gasteiger partial charge in [-0.05, 0) is 49.1 Å². The highest BCUT2D eigenvalue weighted by molar-refractivity contribution is 6.04. The summed E-state index contributed by atoms with van der Waals surface area (Å²) in [6.45, 7) is 2.41. The molecule has 2 atom stereocenters. The Kier molecular flexibility index (Phi) is 6.69. The van der Waals surface area contributed by atoms with Gasteiger partial charge in [0.15, 0.2) is 11.5 Å². The molecule has 0 bridgehead atoms. The number of para-hydroxylation sites is 1. The lowest BCUT2D eigenvalue weighted by atomic mass is 9.97. The lowest BCUT2D eigenvalue weighted by Crippen LogP contribution is -2.33. The number of nitrogen functional groups attached to an aromatic ring is 1. The molecule has 10 heteroatoms. The molecule has 2 amide bonds. The van der Waals surface area contributed by atoms with E-state index in [-0.39, 0.29) is 28.8 Å².